The number of H-pyrrole nitrogens is 1. The van der Waals surface area contributed by atoms with Crippen molar-refractivity contribution in [2.24, 2.45) is 5.92 Å². The van der Waals surface area contributed by atoms with Crippen LogP contribution >= 0.6 is 0 Å². The molecule has 1 fully saturated rings. The second-order valence-electron chi connectivity index (χ2n) is 7.58. The van der Waals surface area contributed by atoms with E-state index < -0.39 is 11.6 Å². The average molecular weight is 357 g/mol. The Morgan fingerprint density at radius 2 is 2.08 bits per heavy atom. The van der Waals surface area contributed by atoms with Crippen molar-refractivity contribution in [2.75, 3.05) is 19.6 Å². The number of likely N-dealkylation sites (tertiary alicyclic amines) is 1. The summed E-state index contributed by atoms with van der Waals surface area (Å²) in [7, 11) is 0. The third kappa shape index (κ3) is 3.73. The number of halogens is 2. The predicted octanol–water partition coefficient (Wildman–Crippen LogP) is 4.89. The number of rotatable bonds is 4. The van der Waals surface area contributed by atoms with Gasteiger partial charge in [0, 0.05) is 30.3 Å². The molecule has 1 aromatic heterocycles. The number of nitrogens with one attached hydrogen (secondary N) is 1. The van der Waals surface area contributed by atoms with Gasteiger partial charge in [0.2, 0.25) is 0 Å². The zero-order chi connectivity index (χ0) is 17.9. The van der Waals surface area contributed by atoms with Crippen LogP contribution in [0, 0.1) is 17.6 Å². The highest BCUT2D eigenvalue weighted by Gasteiger charge is 2.26. The molecule has 138 valence electrons. The van der Waals surface area contributed by atoms with E-state index in [4.69, 9.17) is 0 Å². The van der Waals surface area contributed by atoms with Crippen molar-refractivity contribution in [3.8, 4) is 11.1 Å². The van der Waals surface area contributed by atoms with E-state index in [-0.39, 0.29) is 0 Å². The molecule has 1 N–H and O–H groups in total. The van der Waals surface area contributed by atoms with Crippen LogP contribution in [0.3, 0.4) is 0 Å². The van der Waals surface area contributed by atoms with Crippen LogP contribution in [-0.4, -0.2) is 34.7 Å². The van der Waals surface area contributed by atoms with Gasteiger partial charge in [-0.3, -0.25) is 5.10 Å². The summed E-state index contributed by atoms with van der Waals surface area (Å²) in [6.45, 7) is 3.29. The normalized spacial score (nSPS) is 24.1. The van der Waals surface area contributed by atoms with E-state index in [1.807, 2.05) is 0 Å². The molecule has 2 heterocycles. The van der Waals surface area contributed by atoms with Crippen LogP contribution in [0.25, 0.3) is 11.1 Å². The van der Waals surface area contributed by atoms with Crippen LogP contribution in [0.1, 0.15) is 43.7 Å². The molecule has 0 radical (unpaired) electrons. The Morgan fingerprint density at radius 3 is 2.88 bits per heavy atom. The number of aromatic nitrogens is 2. The van der Waals surface area contributed by atoms with Crippen LogP contribution in [0.5, 0.6) is 0 Å². The number of benzene rings is 1. The van der Waals surface area contributed by atoms with Gasteiger partial charge >= 0.3 is 0 Å². The lowest BCUT2D eigenvalue weighted by atomic mass is 9.88. The van der Waals surface area contributed by atoms with Crippen molar-refractivity contribution in [2.45, 2.75) is 38.0 Å². The molecule has 2 aromatic rings. The van der Waals surface area contributed by atoms with E-state index in [9.17, 15) is 8.78 Å². The predicted molar refractivity (Wildman–Crippen MR) is 98.8 cm³/mol. The first-order valence-corrected chi connectivity index (χ1v) is 9.56. The van der Waals surface area contributed by atoms with Gasteiger partial charge in [0.25, 0.3) is 0 Å². The molecule has 1 aliphatic heterocycles. The first-order valence-electron chi connectivity index (χ1n) is 9.56. The Balaban J connectivity index is 1.49. The SMILES string of the molecule is Fc1ccc(-c2cn[nH]c2[C@H]2CCCN(C[C@@H]3CC=CCC3)C2)cc1F. The van der Waals surface area contributed by atoms with Gasteiger partial charge in [0.1, 0.15) is 0 Å². The molecule has 3 nitrogen and oxygen atoms in total. The lowest BCUT2D eigenvalue weighted by molar-refractivity contribution is 0.173. The summed E-state index contributed by atoms with van der Waals surface area (Å²) in [6, 6.07) is 4.07. The highest BCUT2D eigenvalue weighted by molar-refractivity contribution is 5.66. The van der Waals surface area contributed by atoms with Gasteiger partial charge in [-0.2, -0.15) is 5.10 Å². The first kappa shape index (κ1) is 17.4. The summed E-state index contributed by atoms with van der Waals surface area (Å²) < 4.78 is 26.9. The quantitative estimate of drug-likeness (QED) is 0.790. The first-order chi connectivity index (χ1) is 12.7. The summed E-state index contributed by atoms with van der Waals surface area (Å²) in [4.78, 5) is 2.56. The molecule has 0 bridgehead atoms. The highest BCUT2D eigenvalue weighted by atomic mass is 19.2. The van der Waals surface area contributed by atoms with Crippen molar-refractivity contribution in [1.82, 2.24) is 15.1 Å². The van der Waals surface area contributed by atoms with Crippen molar-refractivity contribution in [1.29, 1.82) is 0 Å². The van der Waals surface area contributed by atoms with Gasteiger partial charge in [-0.1, -0.05) is 18.2 Å². The van der Waals surface area contributed by atoms with Gasteiger partial charge in [-0.05, 0) is 62.3 Å². The standard InChI is InChI=1S/C21H25F2N3/c22-19-9-8-16(11-20(19)23)18-12-24-25-21(18)17-7-4-10-26(14-17)13-15-5-2-1-3-6-15/h1-2,8-9,11-12,15,17H,3-7,10,13-14H2,(H,24,25)/t15-,17+/m1/s1. The Hall–Kier alpha value is -2.01. The lowest BCUT2D eigenvalue weighted by Crippen LogP contribution is -2.38. The summed E-state index contributed by atoms with van der Waals surface area (Å²) in [6.07, 6.45) is 12.2. The molecular formula is C21H25F2N3. The van der Waals surface area contributed by atoms with Crippen molar-refractivity contribution in [3.63, 3.8) is 0 Å². The summed E-state index contributed by atoms with van der Waals surface area (Å²) in [5.74, 6) is -0.519. The Labute approximate surface area is 153 Å². The van der Waals surface area contributed by atoms with Crippen LogP contribution in [0.2, 0.25) is 0 Å². The molecule has 1 aliphatic carbocycles. The number of hydrogen-bond acceptors (Lipinski definition) is 2. The number of piperidine rings is 1. The number of allylic oxidation sites excluding steroid dienone is 2. The van der Waals surface area contributed by atoms with Gasteiger partial charge < -0.3 is 4.90 Å². The zero-order valence-corrected chi connectivity index (χ0v) is 14.9. The molecule has 2 atom stereocenters. The molecule has 0 saturated carbocycles. The molecule has 0 unspecified atom stereocenters. The zero-order valence-electron chi connectivity index (χ0n) is 14.9. The second kappa shape index (κ2) is 7.70. The number of hydrogen-bond donors (Lipinski definition) is 1. The van der Waals surface area contributed by atoms with Gasteiger partial charge in [0.15, 0.2) is 11.6 Å². The maximum absolute atomic E-state index is 13.6. The number of nitrogens with zero attached hydrogens (tertiary/aromatic N) is 2. The van der Waals surface area contributed by atoms with Crippen LogP contribution < -0.4 is 0 Å². The monoisotopic (exact) mass is 357 g/mol. The Kier molecular flexibility index (Phi) is 5.16. The second-order valence-corrected chi connectivity index (χ2v) is 7.58. The maximum atomic E-state index is 13.6. The van der Waals surface area contributed by atoms with Gasteiger partial charge in [-0.25, -0.2) is 8.78 Å². The molecule has 5 heteroatoms. The van der Waals surface area contributed by atoms with Crippen LogP contribution in [-0.2, 0) is 0 Å². The maximum Gasteiger partial charge on any atom is 0.159 e. The third-order valence-electron chi connectivity index (χ3n) is 5.71. The largest absolute Gasteiger partial charge is 0.302 e. The van der Waals surface area contributed by atoms with E-state index >= 15 is 0 Å². The topological polar surface area (TPSA) is 31.9 Å². The minimum Gasteiger partial charge on any atom is -0.302 e. The molecule has 2 aliphatic rings. The summed E-state index contributed by atoms with van der Waals surface area (Å²) >= 11 is 0. The Bertz CT molecular complexity index is 783. The molecule has 0 amide bonds. The molecule has 4 rings (SSSR count). The van der Waals surface area contributed by atoms with E-state index in [0.29, 0.717) is 11.5 Å². The van der Waals surface area contributed by atoms with Crippen LogP contribution in [0.15, 0.2) is 36.5 Å². The van der Waals surface area contributed by atoms with E-state index in [0.717, 1.165) is 49.7 Å². The smallest absolute Gasteiger partial charge is 0.159 e. The summed E-state index contributed by atoms with van der Waals surface area (Å²) in [5.41, 5.74) is 2.61. The van der Waals surface area contributed by atoms with E-state index in [2.05, 4.69) is 27.2 Å². The molecular weight excluding hydrogens is 332 g/mol. The van der Waals surface area contributed by atoms with Crippen molar-refractivity contribution in [3.05, 3.63) is 53.9 Å². The van der Waals surface area contributed by atoms with Crippen LogP contribution in [0.4, 0.5) is 8.78 Å². The molecule has 0 spiro atoms. The summed E-state index contributed by atoms with van der Waals surface area (Å²) in [5, 5.41) is 7.33. The molecule has 1 saturated heterocycles. The fraction of sp³-hybridized carbons (Fsp3) is 0.476. The highest BCUT2D eigenvalue weighted by Crippen LogP contribution is 2.34. The molecule has 26 heavy (non-hydrogen) atoms. The Morgan fingerprint density at radius 1 is 1.15 bits per heavy atom. The van der Waals surface area contributed by atoms with E-state index in [1.165, 1.54) is 31.4 Å². The molecule has 1 aromatic carbocycles. The minimum absolute atomic E-state index is 0.355. The van der Waals surface area contributed by atoms with Crippen molar-refractivity contribution < 1.29 is 8.78 Å². The number of aromatic amines is 1. The fourth-order valence-electron chi connectivity index (χ4n) is 4.35. The van der Waals surface area contributed by atoms with Gasteiger partial charge in [0.05, 0.1) is 6.20 Å². The van der Waals surface area contributed by atoms with E-state index in [1.54, 1.807) is 12.3 Å². The average Bonchev–Trinajstić information content (AvgIpc) is 3.15. The minimum atomic E-state index is -0.816. The van der Waals surface area contributed by atoms with Gasteiger partial charge in [-0.15, -0.1) is 0 Å². The third-order valence-corrected chi connectivity index (χ3v) is 5.71. The van der Waals surface area contributed by atoms with Crippen molar-refractivity contribution >= 4 is 0 Å². The lowest BCUT2D eigenvalue weighted by Gasteiger charge is -2.35. The fourth-order valence-corrected chi connectivity index (χ4v) is 4.35.